The Morgan fingerprint density at radius 1 is 0.778 bits per heavy atom. The molecule has 11 rings (SSSR count). The molecule has 5 saturated carbocycles. The van der Waals surface area contributed by atoms with Gasteiger partial charge in [-0.1, -0.05) is 18.2 Å². The van der Waals surface area contributed by atoms with Crippen molar-refractivity contribution in [2.45, 2.75) is 36.5 Å². The molecule has 4 aliphatic heterocycles. The smallest absolute Gasteiger partial charge is 0.352 e. The second kappa shape index (κ2) is 2.97. The average molecular weight is 361 g/mol. The summed E-state index contributed by atoms with van der Waals surface area (Å²) in [6, 6.07) is 9.60. The maximum Gasteiger partial charge on any atom is 0.352 e. The van der Waals surface area contributed by atoms with Crippen molar-refractivity contribution < 1.29 is 9.47 Å². The second-order valence-electron chi connectivity index (χ2n) is 9.93. The summed E-state index contributed by atoms with van der Waals surface area (Å²) in [5.41, 5.74) is 0.468. The first-order valence-electron chi connectivity index (χ1n) is 10.1. The van der Waals surface area contributed by atoms with Crippen LogP contribution in [0.15, 0.2) is 39.9 Å². The Bertz CT molecular complexity index is 1200. The third-order valence-corrected chi connectivity index (χ3v) is 9.85. The molecule has 7 fully saturated rings. The lowest BCUT2D eigenvalue weighted by atomic mass is 9.64. The van der Waals surface area contributed by atoms with Gasteiger partial charge in [-0.2, -0.15) is 0 Å². The fraction of sp³-hybridized carbons (Fsp3) is 0.600. The molecule has 0 radical (unpaired) electrons. The van der Waals surface area contributed by atoms with E-state index in [0.29, 0.717) is 29.4 Å². The first kappa shape index (κ1) is 12.4. The molecule has 1 aromatic heterocycles. The third kappa shape index (κ3) is 0.809. The van der Waals surface area contributed by atoms with E-state index in [9.17, 15) is 9.59 Å². The number of rotatable bonds is 1. The highest BCUT2D eigenvalue weighted by molar-refractivity contribution is 5.56. The minimum atomic E-state index is -0.170. The van der Waals surface area contributed by atoms with Crippen molar-refractivity contribution in [3.8, 4) is 5.69 Å². The molecule has 27 heavy (non-hydrogen) atoms. The van der Waals surface area contributed by atoms with Crippen molar-refractivity contribution >= 4 is 0 Å². The van der Waals surface area contributed by atoms with Crippen molar-refractivity contribution in [1.82, 2.24) is 13.9 Å². The van der Waals surface area contributed by atoms with Gasteiger partial charge in [0.25, 0.3) is 0 Å². The summed E-state index contributed by atoms with van der Waals surface area (Å²) in [6.45, 7) is 0. The first-order chi connectivity index (χ1) is 13.3. The second-order valence-corrected chi connectivity index (χ2v) is 9.93. The number of benzene rings is 1. The van der Waals surface area contributed by atoms with E-state index in [1.165, 1.54) is 4.57 Å². The third-order valence-electron chi connectivity index (χ3n) is 9.85. The van der Waals surface area contributed by atoms with Gasteiger partial charge in [0, 0.05) is 10.8 Å². The van der Waals surface area contributed by atoms with Crippen LogP contribution in [0.5, 0.6) is 0 Å². The summed E-state index contributed by atoms with van der Waals surface area (Å²) in [6.07, 6.45) is 0.998. The van der Waals surface area contributed by atoms with Crippen LogP contribution in [0.25, 0.3) is 5.69 Å². The molecule has 2 bridgehead atoms. The number of hydrogen-bond donors (Lipinski definition) is 0. The average Bonchev–Trinajstić information content (AvgIpc) is 3.51. The van der Waals surface area contributed by atoms with Gasteiger partial charge in [-0.25, -0.2) is 23.5 Å². The quantitative estimate of drug-likeness (QED) is 0.667. The van der Waals surface area contributed by atoms with E-state index >= 15 is 0 Å². The molecule has 2 aromatic rings. The van der Waals surface area contributed by atoms with E-state index in [0.717, 1.165) is 0 Å². The topological polar surface area (TPSA) is 74.0 Å². The van der Waals surface area contributed by atoms with Gasteiger partial charge in [0.05, 0.1) is 30.0 Å². The lowest BCUT2D eigenvalue weighted by Crippen LogP contribution is -2.57. The molecular formula is C20H15N3O4. The molecule has 2 saturated heterocycles. The van der Waals surface area contributed by atoms with Crippen LogP contribution >= 0.6 is 0 Å². The zero-order chi connectivity index (χ0) is 17.2. The molecule has 2 spiro atoms. The van der Waals surface area contributed by atoms with E-state index < -0.39 is 0 Å². The molecule has 9 aliphatic rings. The first-order valence-corrected chi connectivity index (χ1v) is 10.1. The van der Waals surface area contributed by atoms with Gasteiger partial charge < -0.3 is 9.47 Å². The molecule has 7 nitrogen and oxygen atoms in total. The summed E-state index contributed by atoms with van der Waals surface area (Å²) in [4.78, 5) is 27.0. The highest BCUT2D eigenvalue weighted by Crippen LogP contribution is 3.07. The molecular weight excluding hydrogens is 346 g/mol. The van der Waals surface area contributed by atoms with Gasteiger partial charge in [-0.3, -0.25) is 0 Å². The molecule has 12 atom stereocenters. The lowest BCUT2D eigenvalue weighted by molar-refractivity contribution is -0.0267. The van der Waals surface area contributed by atoms with Crippen LogP contribution in [0.4, 0.5) is 0 Å². The Hall–Kier alpha value is -2.12. The number of hydrogen-bond acceptors (Lipinski definition) is 4. The van der Waals surface area contributed by atoms with Gasteiger partial charge >= 0.3 is 11.4 Å². The molecule has 134 valence electrons. The van der Waals surface area contributed by atoms with Crippen molar-refractivity contribution in [3.05, 3.63) is 51.3 Å². The Balaban J connectivity index is 1.34. The SMILES string of the molecule is O=c1n(-c2ccccc2)c(=O)n2n1[C@@H]1[C@H]3C4C5[C@]16[C@H]1O[C@@H]1[C@@H]1O[C@@H]1[C@@]56[C@H]2[C@@H]43. The normalized spacial score (nSPS) is 61.6. The zero-order valence-electron chi connectivity index (χ0n) is 14.1. The Kier molecular flexibility index (Phi) is 1.36. The minimum Gasteiger partial charge on any atom is -0.366 e. The minimum absolute atomic E-state index is 0.0726. The number of fused-ring (bicyclic) bond motifs is 3. The molecule has 0 amide bonds. The molecule has 2 unspecified atom stereocenters. The summed E-state index contributed by atoms with van der Waals surface area (Å²) < 4.78 is 17.4. The molecule has 1 aromatic carbocycles. The summed E-state index contributed by atoms with van der Waals surface area (Å²) in [5.74, 6) is 2.44. The van der Waals surface area contributed by atoms with Gasteiger partial charge in [-0.15, -0.1) is 0 Å². The van der Waals surface area contributed by atoms with Crippen LogP contribution < -0.4 is 11.4 Å². The Morgan fingerprint density at radius 2 is 1.33 bits per heavy atom. The molecule has 5 heterocycles. The van der Waals surface area contributed by atoms with Crippen LogP contribution in [0.2, 0.25) is 0 Å². The standard InChI is InChI=1S/C20H15N3O4/c24-17-21(6-4-2-1-3-5-6)18(25)23-14-9-7-8(9)13(22(17)23)19-12(7)20(14,19)16-11(27-16)10-15(19)26-10/h1-5,7-16H/t7?,8-,9-,10-,11+,12?,13+,14+,15-,16-,19-,20+/m0/s1. The number of nitrogens with zero attached hydrogens (tertiary/aromatic N) is 3. The van der Waals surface area contributed by atoms with Crippen molar-refractivity contribution in [1.29, 1.82) is 0 Å². The summed E-state index contributed by atoms with van der Waals surface area (Å²) in [7, 11) is 0. The van der Waals surface area contributed by atoms with Crippen LogP contribution in [0.1, 0.15) is 12.1 Å². The highest BCUT2D eigenvalue weighted by Gasteiger charge is 3.11. The fourth-order valence-corrected chi connectivity index (χ4v) is 9.63. The molecule has 7 heteroatoms. The lowest BCUT2D eigenvalue weighted by Gasteiger charge is -2.48. The van der Waals surface area contributed by atoms with E-state index in [1.807, 2.05) is 39.7 Å². The summed E-state index contributed by atoms with van der Waals surface area (Å²) >= 11 is 0. The van der Waals surface area contributed by atoms with E-state index in [2.05, 4.69) is 0 Å². The van der Waals surface area contributed by atoms with Crippen molar-refractivity contribution in [2.75, 3.05) is 0 Å². The zero-order valence-corrected chi connectivity index (χ0v) is 14.1. The molecule has 5 aliphatic carbocycles. The van der Waals surface area contributed by atoms with E-state index in [4.69, 9.17) is 9.47 Å². The van der Waals surface area contributed by atoms with E-state index in [-0.39, 0.29) is 58.7 Å². The van der Waals surface area contributed by atoms with Gasteiger partial charge in [0.2, 0.25) is 0 Å². The van der Waals surface area contributed by atoms with Crippen LogP contribution in [0, 0.1) is 34.5 Å². The molecule has 0 N–H and O–H groups in total. The van der Waals surface area contributed by atoms with Gasteiger partial charge in [0.1, 0.15) is 12.2 Å². The number of epoxide rings is 2. The predicted molar refractivity (Wildman–Crippen MR) is 88.5 cm³/mol. The number of aromatic nitrogens is 3. The maximum absolute atomic E-state index is 13.5. The van der Waals surface area contributed by atoms with Gasteiger partial charge in [0.15, 0.2) is 0 Å². The van der Waals surface area contributed by atoms with Crippen molar-refractivity contribution in [2.24, 2.45) is 34.5 Å². The summed E-state index contributed by atoms with van der Waals surface area (Å²) in [5, 5.41) is 0. The van der Waals surface area contributed by atoms with Gasteiger partial charge in [-0.05, 0) is 35.8 Å². The predicted octanol–water partition coefficient (Wildman–Crippen LogP) is -0.0631. The number of ether oxygens (including phenoxy) is 2. The Morgan fingerprint density at radius 3 is 1.89 bits per heavy atom. The maximum atomic E-state index is 13.5. The highest BCUT2D eigenvalue weighted by atomic mass is 16.7. The van der Waals surface area contributed by atoms with Crippen LogP contribution in [-0.2, 0) is 9.47 Å². The monoisotopic (exact) mass is 361 g/mol. The number of para-hydroxylation sites is 1. The van der Waals surface area contributed by atoms with Crippen LogP contribution in [-0.4, -0.2) is 38.3 Å². The van der Waals surface area contributed by atoms with Crippen molar-refractivity contribution in [3.63, 3.8) is 0 Å². The largest absolute Gasteiger partial charge is 0.366 e. The van der Waals surface area contributed by atoms with E-state index in [1.54, 1.807) is 0 Å². The van der Waals surface area contributed by atoms with Crippen LogP contribution in [0.3, 0.4) is 0 Å². The fourth-order valence-electron chi connectivity index (χ4n) is 9.63. The Labute approximate surface area is 152 Å².